The van der Waals surface area contributed by atoms with Gasteiger partial charge < -0.3 is 25.7 Å². The first-order valence-electron chi connectivity index (χ1n) is 17.3. The number of rotatable bonds is 16. The molecule has 6 aromatic rings. The number of nitrogens with zero attached hydrogens (tertiary/aromatic N) is 5. The van der Waals surface area contributed by atoms with Crippen LogP contribution in [0.3, 0.4) is 0 Å². The maximum atomic E-state index is 12.3. The number of aromatic amines is 1. The number of carbonyl (C=O) groups excluding carboxylic acids is 2. The molecule has 0 aliphatic carbocycles. The molecular formula is C39H41ClN10O4. The topological polar surface area (TPSA) is 188 Å². The molecule has 0 bridgehead atoms. The Morgan fingerprint density at radius 3 is 2.09 bits per heavy atom. The highest BCUT2D eigenvalue weighted by atomic mass is 35.5. The Morgan fingerprint density at radius 2 is 1.37 bits per heavy atom. The fourth-order valence-electron chi connectivity index (χ4n) is 5.25. The lowest BCUT2D eigenvalue weighted by Crippen LogP contribution is -2.27. The summed E-state index contributed by atoms with van der Waals surface area (Å²) in [6.07, 6.45) is 0.436. The molecule has 5 N–H and O–H groups in total. The van der Waals surface area contributed by atoms with Crippen molar-refractivity contribution in [3.8, 4) is 0 Å². The molecule has 2 amide bonds. The van der Waals surface area contributed by atoms with Crippen LogP contribution in [0.2, 0.25) is 0 Å². The van der Waals surface area contributed by atoms with E-state index >= 15 is 0 Å². The molecular weight excluding hydrogens is 708 g/mol. The largest absolute Gasteiger partial charge is 0.449 e. The quantitative estimate of drug-likeness (QED) is 0.0541. The smallest absolute Gasteiger partial charge is 0.412 e. The molecule has 0 fully saturated rings. The Hall–Kier alpha value is -6.09. The number of hydrogen-bond acceptors (Lipinski definition) is 11. The molecule has 0 saturated carbocycles. The Kier molecular flexibility index (Phi) is 14.2. The minimum Gasteiger partial charge on any atom is -0.449 e. The molecule has 14 nitrogen and oxygen atoms in total. The van der Waals surface area contributed by atoms with Crippen LogP contribution in [0.1, 0.15) is 35.4 Å². The van der Waals surface area contributed by atoms with Crippen molar-refractivity contribution in [2.24, 2.45) is 10.2 Å². The van der Waals surface area contributed by atoms with Crippen molar-refractivity contribution in [1.29, 1.82) is 0 Å². The van der Waals surface area contributed by atoms with Gasteiger partial charge in [-0.3, -0.25) is 14.9 Å². The molecule has 54 heavy (non-hydrogen) atoms. The van der Waals surface area contributed by atoms with Crippen LogP contribution in [0.25, 0.3) is 22.1 Å². The van der Waals surface area contributed by atoms with Crippen LogP contribution >= 0.6 is 12.4 Å². The number of carbonyl (C=O) groups is 2. The number of aromatic nitrogens is 4. The average Bonchev–Trinajstić information content (AvgIpc) is 3.16. The van der Waals surface area contributed by atoms with Crippen LogP contribution in [0.5, 0.6) is 0 Å². The van der Waals surface area contributed by atoms with Crippen LogP contribution in [0.15, 0.2) is 112 Å². The molecule has 15 heteroatoms. The molecule has 0 aliphatic rings. The molecule has 2 aromatic carbocycles. The zero-order chi connectivity index (χ0) is 36.8. The molecule has 4 heterocycles. The summed E-state index contributed by atoms with van der Waals surface area (Å²) < 4.78 is 5.28. The summed E-state index contributed by atoms with van der Waals surface area (Å²) in [6, 6.07) is 29.9. The van der Waals surface area contributed by atoms with Crippen LogP contribution in [0, 0.1) is 6.92 Å². The van der Waals surface area contributed by atoms with E-state index in [1.54, 1.807) is 12.1 Å². The zero-order valence-corrected chi connectivity index (χ0v) is 30.5. The van der Waals surface area contributed by atoms with Gasteiger partial charge in [0.25, 0.3) is 0 Å². The first kappa shape index (κ1) is 39.1. The molecule has 0 aliphatic heterocycles. The maximum Gasteiger partial charge on any atom is 0.412 e. The number of azo groups is 1. The van der Waals surface area contributed by atoms with E-state index in [0.29, 0.717) is 61.8 Å². The highest BCUT2D eigenvalue weighted by molar-refractivity contribution is 5.86. The Balaban J connectivity index is 0.00000561. The van der Waals surface area contributed by atoms with Crippen LogP contribution in [-0.4, -0.2) is 51.6 Å². The SMILES string of the molecule is Cc1ccc2ccc(NC(=O)OCCCNCc3ccc(N=Nc4ccc(CNCCC(=O)NCc5ccc6ccc(=O)[nH]c6n5)cc4)cc3)nc2n1.Cl. The summed E-state index contributed by atoms with van der Waals surface area (Å²) in [6.45, 7) is 4.95. The average molecular weight is 749 g/mol. The standard InChI is InChI=1S/C39H40N10O4.ClH/c1-26-3-8-29-10-17-34(45-37(29)43-26)46-39(52)53-22-2-20-40-23-27-4-12-31(13-5-27)48-49-32-14-6-28(7-15-32)24-41-21-19-35(50)42-25-33-16-9-30-11-18-36(51)47-38(30)44-33;/h3-18,40-41H,2,19-25H2,1H3,(H,42,50)(H,44,47,51)(H,43,45,46,52);1H. The highest BCUT2D eigenvalue weighted by Crippen LogP contribution is 2.20. The summed E-state index contributed by atoms with van der Waals surface area (Å²) in [4.78, 5) is 51.8. The lowest BCUT2D eigenvalue weighted by Gasteiger charge is -2.08. The van der Waals surface area contributed by atoms with Gasteiger partial charge in [0, 0.05) is 48.6 Å². The molecule has 4 aromatic heterocycles. The number of halogens is 1. The fraction of sp³-hybridized carbons (Fsp3) is 0.231. The number of amides is 2. The third-order valence-electron chi connectivity index (χ3n) is 8.10. The minimum absolute atomic E-state index is 0. The number of pyridine rings is 4. The molecule has 6 rings (SSSR count). The van der Waals surface area contributed by atoms with Gasteiger partial charge in [-0.25, -0.2) is 19.7 Å². The van der Waals surface area contributed by atoms with Crippen molar-refractivity contribution in [3.63, 3.8) is 0 Å². The third-order valence-corrected chi connectivity index (χ3v) is 8.10. The molecule has 0 spiro atoms. The van der Waals surface area contributed by atoms with Gasteiger partial charge >= 0.3 is 6.09 Å². The van der Waals surface area contributed by atoms with Crippen molar-refractivity contribution < 1.29 is 14.3 Å². The van der Waals surface area contributed by atoms with Gasteiger partial charge in [0.1, 0.15) is 11.5 Å². The number of anilines is 1. The number of fused-ring (bicyclic) bond motifs is 2. The first-order valence-corrected chi connectivity index (χ1v) is 17.3. The summed E-state index contributed by atoms with van der Waals surface area (Å²) in [5, 5.41) is 22.6. The van der Waals surface area contributed by atoms with E-state index in [4.69, 9.17) is 4.74 Å². The summed E-state index contributed by atoms with van der Waals surface area (Å²) >= 11 is 0. The van der Waals surface area contributed by atoms with Crippen LogP contribution < -0.4 is 26.8 Å². The second-order valence-corrected chi connectivity index (χ2v) is 12.3. The number of ether oxygens (including phenoxy) is 1. The van der Waals surface area contributed by atoms with Gasteiger partial charge in [-0.2, -0.15) is 10.2 Å². The van der Waals surface area contributed by atoms with Gasteiger partial charge in [-0.15, -0.1) is 12.4 Å². The Bertz CT molecular complexity index is 2260. The predicted octanol–water partition coefficient (Wildman–Crippen LogP) is 6.54. The second kappa shape index (κ2) is 19.7. The van der Waals surface area contributed by atoms with Gasteiger partial charge in [0.2, 0.25) is 11.5 Å². The van der Waals surface area contributed by atoms with Gasteiger partial charge in [-0.05, 0) is 97.7 Å². The second-order valence-electron chi connectivity index (χ2n) is 12.3. The minimum atomic E-state index is -0.550. The predicted molar refractivity (Wildman–Crippen MR) is 210 cm³/mol. The highest BCUT2D eigenvalue weighted by Gasteiger charge is 2.07. The van der Waals surface area contributed by atoms with E-state index < -0.39 is 6.09 Å². The van der Waals surface area contributed by atoms with Gasteiger partial charge in [0.15, 0.2) is 5.65 Å². The number of aryl methyl sites for hydroxylation is 1. The normalized spacial score (nSPS) is 11.1. The van der Waals surface area contributed by atoms with Gasteiger partial charge in [-0.1, -0.05) is 24.3 Å². The van der Waals surface area contributed by atoms with E-state index in [1.165, 1.54) is 6.07 Å². The zero-order valence-electron chi connectivity index (χ0n) is 29.7. The third kappa shape index (κ3) is 12.0. The van der Waals surface area contributed by atoms with Gasteiger partial charge in [0.05, 0.1) is 30.2 Å². The molecule has 0 unspecified atom stereocenters. The van der Waals surface area contributed by atoms with Crippen molar-refractivity contribution in [3.05, 3.63) is 130 Å². The lowest BCUT2D eigenvalue weighted by molar-refractivity contribution is -0.121. The summed E-state index contributed by atoms with van der Waals surface area (Å²) in [5.74, 6) is 0.310. The number of hydrogen-bond donors (Lipinski definition) is 5. The van der Waals surface area contributed by atoms with Crippen molar-refractivity contribution in [2.75, 3.05) is 25.0 Å². The molecule has 0 saturated heterocycles. The monoisotopic (exact) mass is 748 g/mol. The van der Waals surface area contributed by atoms with E-state index in [-0.39, 0.29) is 37.0 Å². The van der Waals surface area contributed by atoms with Crippen molar-refractivity contribution in [2.45, 2.75) is 39.4 Å². The van der Waals surface area contributed by atoms with Crippen molar-refractivity contribution >= 4 is 63.7 Å². The molecule has 278 valence electrons. The Morgan fingerprint density at radius 1 is 0.722 bits per heavy atom. The number of benzene rings is 2. The van der Waals surface area contributed by atoms with E-state index in [1.807, 2.05) is 85.8 Å². The first-order chi connectivity index (χ1) is 25.9. The van der Waals surface area contributed by atoms with E-state index in [9.17, 15) is 14.4 Å². The van der Waals surface area contributed by atoms with E-state index in [0.717, 1.165) is 39.0 Å². The lowest BCUT2D eigenvalue weighted by atomic mass is 10.2. The maximum absolute atomic E-state index is 12.3. The van der Waals surface area contributed by atoms with E-state index in [2.05, 4.69) is 51.4 Å². The molecule has 0 radical (unpaired) electrons. The van der Waals surface area contributed by atoms with Crippen LogP contribution in [-0.2, 0) is 29.2 Å². The fourth-order valence-corrected chi connectivity index (χ4v) is 5.25. The molecule has 0 atom stereocenters. The summed E-state index contributed by atoms with van der Waals surface area (Å²) in [5.41, 5.74) is 6.05. The summed E-state index contributed by atoms with van der Waals surface area (Å²) in [7, 11) is 0. The van der Waals surface area contributed by atoms with Crippen LogP contribution in [0.4, 0.5) is 22.0 Å². The Labute approximate surface area is 317 Å². The number of H-pyrrole nitrogens is 1. The number of nitrogens with one attached hydrogen (secondary N) is 5. The van der Waals surface area contributed by atoms with Crippen molar-refractivity contribution in [1.82, 2.24) is 35.9 Å².